The average molecular weight is 306 g/mol. The topological polar surface area (TPSA) is 55.3 Å². The molecule has 1 heterocycles. The third-order valence-electron chi connectivity index (χ3n) is 2.98. The van der Waals surface area contributed by atoms with Gasteiger partial charge in [-0.25, -0.2) is 14.8 Å². The van der Waals surface area contributed by atoms with Crippen LogP contribution in [0, 0.1) is 6.92 Å². The number of methoxy groups -OCH3 is 1. The van der Waals surface area contributed by atoms with Gasteiger partial charge in [0.2, 0.25) is 0 Å². The van der Waals surface area contributed by atoms with Crippen LogP contribution in [0.1, 0.15) is 21.7 Å². The van der Waals surface area contributed by atoms with Gasteiger partial charge < -0.3 is 9.64 Å². The van der Waals surface area contributed by atoms with E-state index in [2.05, 4.69) is 14.7 Å². The van der Waals surface area contributed by atoms with Crippen LogP contribution in [-0.2, 0) is 11.3 Å². The predicted molar refractivity (Wildman–Crippen MR) is 81.7 cm³/mol. The fourth-order valence-corrected chi connectivity index (χ4v) is 2.15. The van der Waals surface area contributed by atoms with E-state index in [9.17, 15) is 4.79 Å². The lowest BCUT2D eigenvalue weighted by Crippen LogP contribution is -2.18. The summed E-state index contributed by atoms with van der Waals surface area (Å²) < 4.78 is 4.67. The van der Waals surface area contributed by atoms with Crippen molar-refractivity contribution >= 4 is 23.4 Å². The third kappa shape index (κ3) is 3.92. The fraction of sp³-hybridized carbons (Fsp3) is 0.267. The van der Waals surface area contributed by atoms with Gasteiger partial charge in [0.15, 0.2) is 0 Å². The monoisotopic (exact) mass is 305 g/mol. The van der Waals surface area contributed by atoms with Crippen LogP contribution in [0.15, 0.2) is 30.3 Å². The first-order chi connectivity index (χ1) is 9.99. The zero-order chi connectivity index (χ0) is 15.4. The summed E-state index contributed by atoms with van der Waals surface area (Å²) in [5, 5.41) is 0.422. The Morgan fingerprint density at radius 3 is 2.52 bits per heavy atom. The lowest BCUT2D eigenvalue weighted by atomic mass is 10.1. The number of benzene rings is 1. The molecule has 0 atom stereocenters. The SMILES string of the molecule is COC(=O)c1ccc(CN(C)c2cc(Cl)nc(C)n2)cc1. The van der Waals surface area contributed by atoms with Crippen molar-refractivity contribution in [2.24, 2.45) is 0 Å². The summed E-state index contributed by atoms with van der Waals surface area (Å²) in [5.74, 6) is 1.04. The molecule has 0 aliphatic rings. The maximum absolute atomic E-state index is 11.4. The molecule has 0 radical (unpaired) electrons. The Labute approximate surface area is 128 Å². The number of rotatable bonds is 4. The Balaban J connectivity index is 2.12. The van der Waals surface area contributed by atoms with E-state index in [0.29, 0.717) is 23.1 Å². The van der Waals surface area contributed by atoms with Crippen LogP contribution in [0.4, 0.5) is 5.82 Å². The first-order valence-corrected chi connectivity index (χ1v) is 6.77. The number of hydrogen-bond acceptors (Lipinski definition) is 5. The fourth-order valence-electron chi connectivity index (χ4n) is 1.93. The van der Waals surface area contributed by atoms with E-state index in [1.165, 1.54) is 7.11 Å². The molecule has 5 nitrogen and oxygen atoms in total. The first kappa shape index (κ1) is 15.3. The highest BCUT2D eigenvalue weighted by Crippen LogP contribution is 2.17. The standard InChI is InChI=1S/C15H16ClN3O2/c1-10-17-13(16)8-14(18-10)19(2)9-11-4-6-12(7-5-11)15(20)21-3/h4-8H,9H2,1-3H3. The quantitative estimate of drug-likeness (QED) is 0.642. The number of esters is 1. The maximum atomic E-state index is 11.4. The molecule has 1 aromatic carbocycles. The van der Waals surface area contributed by atoms with Gasteiger partial charge >= 0.3 is 5.97 Å². The molecular formula is C15H16ClN3O2. The van der Waals surface area contributed by atoms with Gasteiger partial charge in [0, 0.05) is 19.7 Å². The number of carbonyl (C=O) groups excluding carboxylic acids is 1. The first-order valence-electron chi connectivity index (χ1n) is 6.39. The number of carbonyl (C=O) groups is 1. The molecule has 0 bridgehead atoms. The van der Waals surface area contributed by atoms with Crippen LogP contribution < -0.4 is 4.90 Å². The highest BCUT2D eigenvalue weighted by molar-refractivity contribution is 6.29. The Kier molecular flexibility index (Phi) is 4.75. The Morgan fingerprint density at radius 1 is 1.29 bits per heavy atom. The molecular weight excluding hydrogens is 290 g/mol. The minimum Gasteiger partial charge on any atom is -0.465 e. The van der Waals surface area contributed by atoms with Crippen LogP contribution in [-0.4, -0.2) is 30.1 Å². The minimum absolute atomic E-state index is 0.340. The molecule has 110 valence electrons. The molecule has 0 amide bonds. The number of aryl methyl sites for hydroxylation is 1. The Morgan fingerprint density at radius 2 is 1.95 bits per heavy atom. The molecule has 2 aromatic rings. The third-order valence-corrected chi connectivity index (χ3v) is 3.17. The zero-order valence-corrected chi connectivity index (χ0v) is 12.9. The highest BCUT2D eigenvalue weighted by atomic mass is 35.5. The molecule has 0 saturated heterocycles. The normalized spacial score (nSPS) is 10.3. The summed E-state index contributed by atoms with van der Waals surface area (Å²) in [6, 6.07) is 8.98. The molecule has 0 N–H and O–H groups in total. The second-order valence-corrected chi connectivity index (χ2v) is 5.03. The van der Waals surface area contributed by atoms with Crippen molar-refractivity contribution in [3.63, 3.8) is 0 Å². The van der Waals surface area contributed by atoms with E-state index in [4.69, 9.17) is 11.6 Å². The van der Waals surface area contributed by atoms with E-state index in [1.807, 2.05) is 24.1 Å². The molecule has 21 heavy (non-hydrogen) atoms. The average Bonchev–Trinajstić information content (AvgIpc) is 2.46. The van der Waals surface area contributed by atoms with Crippen molar-refractivity contribution in [1.29, 1.82) is 0 Å². The van der Waals surface area contributed by atoms with Crippen LogP contribution >= 0.6 is 11.6 Å². The van der Waals surface area contributed by atoms with Gasteiger partial charge in [-0.15, -0.1) is 0 Å². The number of aromatic nitrogens is 2. The molecule has 1 aromatic heterocycles. The Hall–Kier alpha value is -2.14. The van der Waals surface area contributed by atoms with Crippen molar-refractivity contribution in [2.45, 2.75) is 13.5 Å². The van der Waals surface area contributed by atoms with E-state index in [0.717, 1.165) is 11.4 Å². The van der Waals surface area contributed by atoms with Crippen molar-refractivity contribution in [1.82, 2.24) is 9.97 Å². The van der Waals surface area contributed by atoms with Gasteiger partial charge in [0.1, 0.15) is 16.8 Å². The summed E-state index contributed by atoms with van der Waals surface area (Å²) in [6.45, 7) is 2.45. The number of hydrogen-bond donors (Lipinski definition) is 0. The lowest BCUT2D eigenvalue weighted by molar-refractivity contribution is 0.0600. The summed E-state index contributed by atoms with van der Waals surface area (Å²) in [5.41, 5.74) is 1.59. The number of nitrogens with zero attached hydrogens (tertiary/aromatic N) is 3. The molecule has 0 aliphatic carbocycles. The van der Waals surface area contributed by atoms with Gasteiger partial charge in [-0.2, -0.15) is 0 Å². The van der Waals surface area contributed by atoms with Gasteiger partial charge in [-0.1, -0.05) is 23.7 Å². The lowest BCUT2D eigenvalue weighted by Gasteiger charge is -2.18. The molecule has 0 saturated carbocycles. The smallest absolute Gasteiger partial charge is 0.337 e. The molecule has 0 unspecified atom stereocenters. The minimum atomic E-state index is -0.340. The molecule has 0 spiro atoms. The van der Waals surface area contributed by atoms with Crippen LogP contribution in [0.5, 0.6) is 0 Å². The number of ether oxygens (including phenoxy) is 1. The van der Waals surface area contributed by atoms with Gasteiger partial charge in [0.05, 0.1) is 12.7 Å². The summed E-state index contributed by atoms with van der Waals surface area (Å²) in [4.78, 5) is 21.7. The Bertz CT molecular complexity index is 624. The van der Waals surface area contributed by atoms with E-state index < -0.39 is 0 Å². The van der Waals surface area contributed by atoms with Gasteiger partial charge in [-0.3, -0.25) is 0 Å². The van der Waals surface area contributed by atoms with E-state index in [-0.39, 0.29) is 5.97 Å². The van der Waals surface area contributed by atoms with Crippen molar-refractivity contribution in [2.75, 3.05) is 19.1 Å². The van der Waals surface area contributed by atoms with E-state index in [1.54, 1.807) is 25.1 Å². The molecule has 0 aliphatic heterocycles. The van der Waals surface area contributed by atoms with Crippen LogP contribution in [0.2, 0.25) is 5.15 Å². The molecule has 0 fully saturated rings. The van der Waals surface area contributed by atoms with Crippen LogP contribution in [0.25, 0.3) is 0 Å². The summed E-state index contributed by atoms with van der Waals surface area (Å²) >= 11 is 5.94. The molecule has 2 rings (SSSR count). The van der Waals surface area contributed by atoms with E-state index >= 15 is 0 Å². The van der Waals surface area contributed by atoms with Crippen molar-refractivity contribution in [3.05, 3.63) is 52.4 Å². The van der Waals surface area contributed by atoms with Crippen molar-refractivity contribution < 1.29 is 9.53 Å². The second kappa shape index (κ2) is 6.54. The summed E-state index contributed by atoms with van der Waals surface area (Å²) in [6.07, 6.45) is 0. The number of anilines is 1. The highest BCUT2D eigenvalue weighted by Gasteiger charge is 2.08. The van der Waals surface area contributed by atoms with Gasteiger partial charge in [0.25, 0.3) is 0 Å². The predicted octanol–water partition coefficient (Wildman–Crippen LogP) is 2.86. The molecule has 6 heteroatoms. The summed E-state index contributed by atoms with van der Waals surface area (Å²) in [7, 11) is 3.29. The van der Waals surface area contributed by atoms with Crippen molar-refractivity contribution in [3.8, 4) is 0 Å². The largest absolute Gasteiger partial charge is 0.465 e. The van der Waals surface area contributed by atoms with Gasteiger partial charge in [-0.05, 0) is 24.6 Å². The zero-order valence-electron chi connectivity index (χ0n) is 12.1. The maximum Gasteiger partial charge on any atom is 0.337 e. The number of halogens is 1. The van der Waals surface area contributed by atoms with Crippen LogP contribution in [0.3, 0.4) is 0 Å². The second-order valence-electron chi connectivity index (χ2n) is 4.64.